The summed E-state index contributed by atoms with van der Waals surface area (Å²) in [6, 6.07) is 4.54. The van der Waals surface area contributed by atoms with E-state index >= 15 is 0 Å². The van der Waals surface area contributed by atoms with Crippen molar-refractivity contribution >= 4 is 17.1 Å². The molecule has 0 saturated heterocycles. The van der Waals surface area contributed by atoms with Crippen LogP contribution in [0.4, 0.5) is 17.1 Å². The van der Waals surface area contributed by atoms with Gasteiger partial charge >= 0.3 is 5.69 Å². The van der Waals surface area contributed by atoms with Crippen molar-refractivity contribution in [3.63, 3.8) is 0 Å². The number of benzene rings is 1. The summed E-state index contributed by atoms with van der Waals surface area (Å²) in [5, 5.41) is 32.2. The van der Waals surface area contributed by atoms with Crippen molar-refractivity contribution < 1.29 is 15.1 Å². The van der Waals surface area contributed by atoms with E-state index in [0.29, 0.717) is 0 Å². The monoisotopic (exact) mass is 256 g/mol. The average molecular weight is 256 g/mol. The van der Waals surface area contributed by atoms with Crippen molar-refractivity contribution in [3.05, 3.63) is 28.3 Å². The van der Waals surface area contributed by atoms with Crippen molar-refractivity contribution in [2.75, 3.05) is 23.9 Å². The van der Waals surface area contributed by atoms with Crippen LogP contribution in [0.5, 0.6) is 0 Å². The molecule has 1 aromatic carbocycles. The second kappa shape index (κ2) is 5.63. The fraction of sp³-hybridized carbons (Fsp3) is 0.400. The van der Waals surface area contributed by atoms with E-state index in [1.165, 1.54) is 19.1 Å². The van der Waals surface area contributed by atoms with Crippen LogP contribution in [0.1, 0.15) is 6.92 Å². The van der Waals surface area contributed by atoms with E-state index in [4.69, 9.17) is 10.9 Å². The zero-order valence-corrected chi connectivity index (χ0v) is 9.88. The van der Waals surface area contributed by atoms with E-state index in [9.17, 15) is 15.2 Å². The number of aliphatic hydroxyl groups excluding tert-OH is 1. The van der Waals surface area contributed by atoms with Gasteiger partial charge in [-0.25, -0.2) is 0 Å². The van der Waals surface area contributed by atoms with Crippen LogP contribution < -0.4 is 16.6 Å². The van der Waals surface area contributed by atoms with E-state index in [2.05, 4.69) is 10.7 Å². The zero-order valence-electron chi connectivity index (χ0n) is 9.88. The number of nitro groups is 1. The quantitative estimate of drug-likeness (QED) is 0.275. The van der Waals surface area contributed by atoms with E-state index < -0.39 is 17.1 Å². The van der Waals surface area contributed by atoms with Crippen LogP contribution in [-0.2, 0) is 0 Å². The normalized spacial score (nSPS) is 13.8. The van der Waals surface area contributed by atoms with Gasteiger partial charge in [0, 0.05) is 6.54 Å². The number of aliphatic hydroxyl groups is 2. The molecular weight excluding hydrogens is 240 g/mol. The molecule has 100 valence electrons. The molecule has 0 saturated carbocycles. The molecule has 0 spiro atoms. The molecular formula is C10H16N4O4. The molecule has 8 heteroatoms. The molecule has 0 bridgehead atoms. The first-order valence-electron chi connectivity index (χ1n) is 5.22. The van der Waals surface area contributed by atoms with Gasteiger partial charge in [0.25, 0.3) is 0 Å². The minimum Gasteiger partial charge on any atom is -0.393 e. The van der Waals surface area contributed by atoms with Crippen molar-refractivity contribution in [2.45, 2.75) is 12.5 Å². The van der Waals surface area contributed by atoms with Gasteiger partial charge in [-0.1, -0.05) is 6.07 Å². The Morgan fingerprint density at radius 3 is 2.61 bits per heavy atom. The Kier molecular flexibility index (Phi) is 4.43. The summed E-state index contributed by atoms with van der Waals surface area (Å²) in [7, 11) is 0. The molecule has 0 aliphatic heterocycles. The minimum absolute atomic E-state index is 0.0294. The van der Waals surface area contributed by atoms with Crippen LogP contribution in [-0.4, -0.2) is 33.9 Å². The van der Waals surface area contributed by atoms with Gasteiger partial charge in [-0.2, -0.15) is 0 Å². The Labute approximate surface area is 104 Å². The van der Waals surface area contributed by atoms with E-state index in [1.807, 2.05) is 0 Å². The van der Waals surface area contributed by atoms with Crippen LogP contribution in [0.3, 0.4) is 0 Å². The lowest BCUT2D eigenvalue weighted by atomic mass is 10.1. The number of hydrogen-bond acceptors (Lipinski definition) is 7. The highest BCUT2D eigenvalue weighted by atomic mass is 16.6. The maximum Gasteiger partial charge on any atom is 0.316 e. The molecule has 1 unspecified atom stereocenters. The van der Waals surface area contributed by atoms with E-state index in [-0.39, 0.29) is 23.6 Å². The summed E-state index contributed by atoms with van der Waals surface area (Å²) in [4.78, 5) is 10.4. The molecule has 0 fully saturated rings. The smallest absolute Gasteiger partial charge is 0.316 e. The first-order valence-corrected chi connectivity index (χ1v) is 5.22. The summed E-state index contributed by atoms with van der Waals surface area (Å²) in [5.41, 5.74) is 1.03. The van der Waals surface area contributed by atoms with Crippen LogP contribution in [0.2, 0.25) is 0 Å². The van der Waals surface area contributed by atoms with Crippen molar-refractivity contribution in [1.29, 1.82) is 0 Å². The third-order valence-corrected chi connectivity index (χ3v) is 2.37. The summed E-state index contributed by atoms with van der Waals surface area (Å²) in [6.07, 6.45) is 0. The molecule has 0 aromatic heterocycles. The lowest BCUT2D eigenvalue weighted by Crippen LogP contribution is -2.37. The van der Waals surface area contributed by atoms with Gasteiger partial charge < -0.3 is 21.0 Å². The van der Waals surface area contributed by atoms with Gasteiger partial charge in [0.2, 0.25) is 0 Å². The predicted octanol–water partition coefficient (Wildman–Crippen LogP) is 0.0356. The Morgan fingerprint density at radius 1 is 1.50 bits per heavy atom. The molecule has 0 heterocycles. The van der Waals surface area contributed by atoms with E-state index in [0.717, 1.165) is 0 Å². The lowest BCUT2D eigenvalue weighted by Gasteiger charge is -2.21. The summed E-state index contributed by atoms with van der Waals surface area (Å²) < 4.78 is 0. The van der Waals surface area contributed by atoms with Crippen LogP contribution in [0, 0.1) is 10.1 Å². The van der Waals surface area contributed by atoms with Crippen LogP contribution in [0.25, 0.3) is 0 Å². The number of hydrazine groups is 1. The summed E-state index contributed by atoms with van der Waals surface area (Å²) in [6.45, 7) is 0.928. The Bertz CT molecular complexity index is 436. The first-order chi connectivity index (χ1) is 8.41. The second-order valence-electron chi connectivity index (χ2n) is 4.11. The molecule has 1 aromatic rings. The fourth-order valence-corrected chi connectivity index (χ4v) is 1.34. The second-order valence-corrected chi connectivity index (χ2v) is 4.11. The molecule has 0 amide bonds. The van der Waals surface area contributed by atoms with E-state index in [1.54, 1.807) is 6.07 Å². The SMILES string of the molecule is CC(O)(CO)CNc1cccc(NN)c1[N+](=O)[O-]. The predicted molar refractivity (Wildman–Crippen MR) is 67.1 cm³/mol. The maximum atomic E-state index is 11.0. The van der Waals surface area contributed by atoms with Gasteiger partial charge in [-0.05, 0) is 19.1 Å². The zero-order chi connectivity index (χ0) is 13.8. The Hall–Kier alpha value is -1.90. The number of para-hydroxylation sites is 1. The number of nitrogens with zero attached hydrogens (tertiary/aromatic N) is 1. The number of nitrogen functional groups attached to an aromatic ring is 1. The largest absolute Gasteiger partial charge is 0.393 e. The standard InChI is InChI=1S/C10H16N4O4/c1-10(16,6-15)5-12-7-3-2-4-8(13-11)9(7)14(17)18/h2-4,12-13,15-16H,5-6,11H2,1H3. The maximum absolute atomic E-state index is 11.0. The number of nitro benzene ring substituents is 1. The van der Waals surface area contributed by atoms with Crippen molar-refractivity contribution in [1.82, 2.24) is 0 Å². The number of hydrogen-bond donors (Lipinski definition) is 5. The van der Waals surface area contributed by atoms with Gasteiger partial charge in [0.15, 0.2) is 0 Å². The van der Waals surface area contributed by atoms with Crippen LogP contribution >= 0.6 is 0 Å². The number of rotatable bonds is 6. The topological polar surface area (TPSA) is 134 Å². The Morgan fingerprint density at radius 2 is 2.11 bits per heavy atom. The van der Waals surface area contributed by atoms with Gasteiger partial charge in [-0.3, -0.25) is 16.0 Å². The number of nitrogens with one attached hydrogen (secondary N) is 2. The van der Waals surface area contributed by atoms with Gasteiger partial charge in [0.1, 0.15) is 17.0 Å². The molecule has 1 atom stereocenters. The molecule has 0 radical (unpaired) electrons. The lowest BCUT2D eigenvalue weighted by molar-refractivity contribution is -0.383. The molecule has 6 N–H and O–H groups in total. The average Bonchev–Trinajstić information content (AvgIpc) is 2.35. The molecule has 18 heavy (non-hydrogen) atoms. The van der Waals surface area contributed by atoms with Gasteiger partial charge in [0.05, 0.1) is 11.5 Å². The summed E-state index contributed by atoms with van der Waals surface area (Å²) in [5.74, 6) is 5.19. The molecule has 8 nitrogen and oxygen atoms in total. The number of nitrogens with two attached hydrogens (primary N) is 1. The minimum atomic E-state index is -1.36. The Balaban J connectivity index is 2.99. The van der Waals surface area contributed by atoms with Crippen molar-refractivity contribution in [3.8, 4) is 0 Å². The molecule has 1 rings (SSSR count). The van der Waals surface area contributed by atoms with Crippen molar-refractivity contribution in [2.24, 2.45) is 5.84 Å². The summed E-state index contributed by atoms with van der Waals surface area (Å²) >= 11 is 0. The van der Waals surface area contributed by atoms with Crippen LogP contribution in [0.15, 0.2) is 18.2 Å². The fourth-order valence-electron chi connectivity index (χ4n) is 1.34. The first kappa shape index (κ1) is 14.2. The highest BCUT2D eigenvalue weighted by molar-refractivity contribution is 5.75. The van der Waals surface area contributed by atoms with Gasteiger partial charge in [-0.15, -0.1) is 0 Å². The molecule has 0 aliphatic rings. The molecule has 0 aliphatic carbocycles. The highest BCUT2D eigenvalue weighted by Gasteiger charge is 2.23. The number of anilines is 2. The third kappa shape index (κ3) is 3.29. The highest BCUT2D eigenvalue weighted by Crippen LogP contribution is 2.32. The third-order valence-electron chi connectivity index (χ3n) is 2.37.